The molecule has 0 unspecified atom stereocenters. The van der Waals surface area contributed by atoms with E-state index in [0.717, 1.165) is 17.7 Å². The van der Waals surface area contributed by atoms with Crippen LogP contribution in [0.5, 0.6) is 5.75 Å². The van der Waals surface area contributed by atoms with E-state index in [4.69, 9.17) is 9.15 Å². The summed E-state index contributed by atoms with van der Waals surface area (Å²) in [5.41, 5.74) is 1.07. The summed E-state index contributed by atoms with van der Waals surface area (Å²) in [5, 5.41) is 2.80. The van der Waals surface area contributed by atoms with Crippen LogP contribution in [0.2, 0.25) is 0 Å². The molecule has 1 aromatic heterocycles. The Hall–Kier alpha value is -2.23. The van der Waals surface area contributed by atoms with Gasteiger partial charge in [0.15, 0.2) is 5.76 Å². The first kappa shape index (κ1) is 12.2. The third kappa shape index (κ3) is 2.91. The average Bonchev–Trinajstić information content (AvgIpc) is 2.93. The maximum Gasteiger partial charge on any atom is 0.286 e. The summed E-state index contributed by atoms with van der Waals surface area (Å²) in [6, 6.07) is 11.1. The molecule has 0 aliphatic carbocycles. The zero-order chi connectivity index (χ0) is 12.8. The highest BCUT2D eigenvalue weighted by molar-refractivity contribution is 5.91. The van der Waals surface area contributed by atoms with Crippen LogP contribution in [-0.2, 0) is 6.42 Å². The molecule has 0 bridgehead atoms. The topological polar surface area (TPSA) is 51.5 Å². The Morgan fingerprint density at radius 1 is 1.28 bits per heavy atom. The molecular weight excluding hydrogens is 230 g/mol. The van der Waals surface area contributed by atoms with Crippen LogP contribution >= 0.6 is 0 Å². The summed E-state index contributed by atoms with van der Waals surface area (Å²) in [5.74, 6) is 0.967. The Morgan fingerprint density at radius 2 is 2.11 bits per heavy atom. The van der Waals surface area contributed by atoms with Crippen molar-refractivity contribution >= 4 is 5.91 Å². The lowest BCUT2D eigenvalue weighted by atomic mass is 10.1. The third-order valence-corrected chi connectivity index (χ3v) is 2.62. The Bertz CT molecular complexity index is 506. The molecule has 0 atom stereocenters. The molecule has 1 amide bonds. The van der Waals surface area contributed by atoms with Gasteiger partial charge in [-0.15, -0.1) is 0 Å². The average molecular weight is 245 g/mol. The zero-order valence-electron chi connectivity index (χ0n) is 10.2. The number of furan rings is 1. The number of nitrogens with one attached hydrogen (secondary N) is 1. The maximum atomic E-state index is 11.6. The van der Waals surface area contributed by atoms with Crippen molar-refractivity contribution in [1.82, 2.24) is 5.32 Å². The van der Waals surface area contributed by atoms with E-state index < -0.39 is 0 Å². The highest BCUT2D eigenvalue weighted by Gasteiger charge is 2.08. The Morgan fingerprint density at radius 3 is 2.83 bits per heavy atom. The normalized spacial score (nSPS) is 10.1. The number of carbonyl (C=O) groups is 1. The molecule has 0 saturated heterocycles. The Balaban J connectivity index is 1.87. The zero-order valence-corrected chi connectivity index (χ0v) is 10.2. The molecule has 0 aliphatic heterocycles. The molecule has 18 heavy (non-hydrogen) atoms. The minimum Gasteiger partial charge on any atom is -0.496 e. The van der Waals surface area contributed by atoms with E-state index in [1.54, 1.807) is 19.2 Å². The van der Waals surface area contributed by atoms with Gasteiger partial charge in [-0.2, -0.15) is 0 Å². The Kier molecular flexibility index (Phi) is 4.02. The van der Waals surface area contributed by atoms with Gasteiger partial charge in [0.1, 0.15) is 5.75 Å². The number of benzene rings is 1. The number of carbonyl (C=O) groups excluding carboxylic acids is 1. The van der Waals surface area contributed by atoms with Crippen LogP contribution in [0.15, 0.2) is 47.1 Å². The lowest BCUT2D eigenvalue weighted by molar-refractivity contribution is 0.0926. The van der Waals surface area contributed by atoms with Crippen molar-refractivity contribution in [3.63, 3.8) is 0 Å². The molecular formula is C14H15NO3. The number of ether oxygens (including phenoxy) is 1. The summed E-state index contributed by atoms with van der Waals surface area (Å²) in [6.07, 6.45) is 2.20. The second kappa shape index (κ2) is 5.91. The summed E-state index contributed by atoms with van der Waals surface area (Å²) < 4.78 is 10.3. The maximum absolute atomic E-state index is 11.6. The Labute approximate surface area is 106 Å². The fourth-order valence-corrected chi connectivity index (χ4v) is 1.72. The van der Waals surface area contributed by atoms with E-state index in [2.05, 4.69) is 5.32 Å². The number of methoxy groups -OCH3 is 1. The largest absolute Gasteiger partial charge is 0.496 e. The van der Waals surface area contributed by atoms with Crippen molar-refractivity contribution in [3.8, 4) is 5.75 Å². The molecule has 1 heterocycles. The summed E-state index contributed by atoms with van der Waals surface area (Å²) in [4.78, 5) is 11.6. The molecule has 4 heteroatoms. The molecule has 94 valence electrons. The minimum atomic E-state index is -0.199. The van der Waals surface area contributed by atoms with Crippen LogP contribution in [0.1, 0.15) is 16.1 Å². The molecule has 2 rings (SSSR count). The lowest BCUT2D eigenvalue weighted by Crippen LogP contribution is -2.25. The fraction of sp³-hybridized carbons (Fsp3) is 0.214. The minimum absolute atomic E-state index is 0.199. The van der Waals surface area contributed by atoms with Crippen molar-refractivity contribution in [3.05, 3.63) is 54.0 Å². The second-order valence-corrected chi connectivity index (χ2v) is 3.80. The highest BCUT2D eigenvalue weighted by Crippen LogP contribution is 2.17. The van der Waals surface area contributed by atoms with Crippen LogP contribution in [0.4, 0.5) is 0 Å². The molecule has 0 aliphatic rings. The first-order valence-corrected chi connectivity index (χ1v) is 5.75. The van der Waals surface area contributed by atoms with E-state index in [1.165, 1.54) is 6.26 Å². The van der Waals surface area contributed by atoms with Gasteiger partial charge in [0, 0.05) is 6.54 Å². The van der Waals surface area contributed by atoms with Crippen LogP contribution in [-0.4, -0.2) is 19.6 Å². The van der Waals surface area contributed by atoms with Crippen LogP contribution in [0.25, 0.3) is 0 Å². The third-order valence-electron chi connectivity index (χ3n) is 2.62. The van der Waals surface area contributed by atoms with Crippen molar-refractivity contribution in [2.45, 2.75) is 6.42 Å². The van der Waals surface area contributed by atoms with Gasteiger partial charge in [0.05, 0.1) is 13.4 Å². The van der Waals surface area contributed by atoms with E-state index in [0.29, 0.717) is 12.3 Å². The van der Waals surface area contributed by atoms with Crippen molar-refractivity contribution < 1.29 is 13.9 Å². The van der Waals surface area contributed by atoms with Gasteiger partial charge >= 0.3 is 0 Å². The van der Waals surface area contributed by atoms with E-state index in [1.807, 2.05) is 24.3 Å². The number of para-hydroxylation sites is 1. The summed E-state index contributed by atoms with van der Waals surface area (Å²) in [6.45, 7) is 0.542. The predicted octanol–water partition coefficient (Wildman–Crippen LogP) is 2.26. The first-order valence-electron chi connectivity index (χ1n) is 5.75. The van der Waals surface area contributed by atoms with Crippen LogP contribution in [0.3, 0.4) is 0 Å². The lowest BCUT2D eigenvalue weighted by Gasteiger charge is -2.08. The molecule has 4 nitrogen and oxygen atoms in total. The molecule has 0 spiro atoms. The molecule has 1 aromatic carbocycles. The van der Waals surface area contributed by atoms with Crippen molar-refractivity contribution in [2.24, 2.45) is 0 Å². The number of rotatable bonds is 5. The molecule has 0 radical (unpaired) electrons. The van der Waals surface area contributed by atoms with E-state index >= 15 is 0 Å². The molecule has 2 aromatic rings. The number of amides is 1. The first-order chi connectivity index (χ1) is 8.81. The fourth-order valence-electron chi connectivity index (χ4n) is 1.72. The quantitative estimate of drug-likeness (QED) is 0.879. The van der Waals surface area contributed by atoms with E-state index in [-0.39, 0.29) is 5.91 Å². The smallest absolute Gasteiger partial charge is 0.286 e. The van der Waals surface area contributed by atoms with Crippen molar-refractivity contribution in [2.75, 3.05) is 13.7 Å². The monoisotopic (exact) mass is 245 g/mol. The summed E-state index contributed by atoms with van der Waals surface area (Å²) >= 11 is 0. The standard InChI is InChI=1S/C14H15NO3/c1-17-12-6-3-2-5-11(12)8-9-15-14(16)13-7-4-10-18-13/h2-7,10H,8-9H2,1H3,(H,15,16). The molecule has 0 fully saturated rings. The van der Waals surface area contributed by atoms with Crippen molar-refractivity contribution in [1.29, 1.82) is 0 Å². The van der Waals surface area contributed by atoms with Gasteiger partial charge in [-0.3, -0.25) is 4.79 Å². The predicted molar refractivity (Wildman–Crippen MR) is 67.7 cm³/mol. The molecule has 1 N–H and O–H groups in total. The van der Waals surface area contributed by atoms with Crippen LogP contribution in [0, 0.1) is 0 Å². The van der Waals surface area contributed by atoms with Crippen LogP contribution < -0.4 is 10.1 Å². The van der Waals surface area contributed by atoms with Gasteiger partial charge in [0.25, 0.3) is 5.91 Å². The molecule has 0 saturated carbocycles. The second-order valence-electron chi connectivity index (χ2n) is 3.80. The number of hydrogen-bond donors (Lipinski definition) is 1. The van der Waals surface area contributed by atoms with Gasteiger partial charge in [-0.05, 0) is 30.2 Å². The van der Waals surface area contributed by atoms with E-state index in [9.17, 15) is 4.79 Å². The van der Waals surface area contributed by atoms with Gasteiger partial charge in [-0.25, -0.2) is 0 Å². The SMILES string of the molecule is COc1ccccc1CCNC(=O)c1ccco1. The van der Waals surface area contributed by atoms with Gasteiger partial charge in [-0.1, -0.05) is 18.2 Å². The summed E-state index contributed by atoms with van der Waals surface area (Å²) in [7, 11) is 1.64. The van der Waals surface area contributed by atoms with Gasteiger partial charge < -0.3 is 14.5 Å². The van der Waals surface area contributed by atoms with Gasteiger partial charge in [0.2, 0.25) is 0 Å². The number of hydrogen-bond acceptors (Lipinski definition) is 3. The highest BCUT2D eigenvalue weighted by atomic mass is 16.5.